The summed E-state index contributed by atoms with van der Waals surface area (Å²) in [4.78, 5) is 30.7. The van der Waals surface area contributed by atoms with Crippen molar-refractivity contribution in [3.63, 3.8) is 0 Å². The largest absolute Gasteiger partial charge is 0.416 e. The highest BCUT2D eigenvalue weighted by Crippen LogP contribution is 2.30. The van der Waals surface area contributed by atoms with E-state index >= 15 is 0 Å². The molecule has 2 heterocycles. The first-order chi connectivity index (χ1) is 13.3. The maximum Gasteiger partial charge on any atom is 0.416 e. The van der Waals surface area contributed by atoms with Crippen LogP contribution in [0.3, 0.4) is 0 Å². The number of halogens is 3. The van der Waals surface area contributed by atoms with Gasteiger partial charge in [-0.05, 0) is 43.2 Å². The van der Waals surface area contributed by atoms with Gasteiger partial charge in [0.1, 0.15) is 0 Å². The van der Waals surface area contributed by atoms with Gasteiger partial charge in [-0.3, -0.25) is 14.6 Å². The summed E-state index contributed by atoms with van der Waals surface area (Å²) >= 11 is 0. The van der Waals surface area contributed by atoms with E-state index in [-0.39, 0.29) is 24.6 Å². The molecule has 1 atom stereocenters. The van der Waals surface area contributed by atoms with Crippen molar-refractivity contribution in [1.29, 1.82) is 0 Å². The van der Waals surface area contributed by atoms with Crippen molar-refractivity contribution in [2.75, 3.05) is 13.1 Å². The highest BCUT2D eigenvalue weighted by atomic mass is 19.4. The number of hydrogen-bond donors (Lipinski definition) is 1. The number of carbonyl (C=O) groups is 2. The number of nitrogens with one attached hydrogen (secondary N) is 1. The molecule has 3 rings (SSSR count). The quantitative estimate of drug-likeness (QED) is 0.870. The van der Waals surface area contributed by atoms with E-state index in [4.69, 9.17) is 0 Å². The fraction of sp³-hybridized carbons (Fsp3) is 0.350. The molecule has 0 saturated carbocycles. The number of benzene rings is 1. The SMILES string of the molecule is O=C(NCc1ccccn1)C1CCCN(C(=O)c2cccc(C(F)(F)F)c2)C1. The van der Waals surface area contributed by atoms with Crippen molar-refractivity contribution in [3.8, 4) is 0 Å². The summed E-state index contributed by atoms with van der Waals surface area (Å²) in [5, 5.41) is 2.81. The fourth-order valence-corrected chi connectivity index (χ4v) is 3.21. The van der Waals surface area contributed by atoms with E-state index in [1.165, 1.54) is 17.0 Å². The molecule has 1 saturated heterocycles. The molecule has 1 fully saturated rings. The first-order valence-corrected chi connectivity index (χ1v) is 8.99. The average molecular weight is 391 g/mol. The Balaban J connectivity index is 1.62. The standard InChI is InChI=1S/C20H20F3N3O2/c21-20(22,23)16-7-3-5-14(11-16)19(28)26-10-4-6-15(13-26)18(27)25-12-17-8-1-2-9-24-17/h1-3,5,7-9,11,15H,4,6,10,12-13H2,(H,25,27). The van der Waals surface area contributed by atoms with Gasteiger partial charge in [-0.1, -0.05) is 12.1 Å². The molecule has 1 aliphatic heterocycles. The lowest BCUT2D eigenvalue weighted by atomic mass is 9.96. The summed E-state index contributed by atoms with van der Waals surface area (Å²) < 4.78 is 38.6. The molecular formula is C20H20F3N3O2. The van der Waals surface area contributed by atoms with Crippen molar-refractivity contribution in [3.05, 3.63) is 65.5 Å². The molecular weight excluding hydrogens is 371 g/mol. The minimum absolute atomic E-state index is 0.0237. The van der Waals surface area contributed by atoms with Crippen molar-refractivity contribution in [2.45, 2.75) is 25.6 Å². The van der Waals surface area contributed by atoms with E-state index in [9.17, 15) is 22.8 Å². The minimum Gasteiger partial charge on any atom is -0.350 e. The van der Waals surface area contributed by atoms with Crippen molar-refractivity contribution in [2.24, 2.45) is 5.92 Å². The second-order valence-corrected chi connectivity index (χ2v) is 6.71. The van der Waals surface area contributed by atoms with Gasteiger partial charge in [-0.25, -0.2) is 0 Å². The number of hydrogen-bond acceptors (Lipinski definition) is 3. The van der Waals surface area contributed by atoms with E-state index in [0.29, 0.717) is 19.4 Å². The maximum atomic E-state index is 12.9. The Kier molecular flexibility index (Phi) is 5.96. The highest BCUT2D eigenvalue weighted by molar-refractivity contribution is 5.95. The van der Waals surface area contributed by atoms with Crippen LogP contribution in [0.4, 0.5) is 13.2 Å². The number of rotatable bonds is 4. The van der Waals surface area contributed by atoms with Gasteiger partial charge in [0.05, 0.1) is 23.7 Å². The van der Waals surface area contributed by atoms with Crippen molar-refractivity contribution in [1.82, 2.24) is 15.2 Å². The summed E-state index contributed by atoms with van der Waals surface area (Å²) in [7, 11) is 0. The van der Waals surface area contributed by atoms with Gasteiger partial charge < -0.3 is 10.2 Å². The van der Waals surface area contributed by atoms with E-state index in [1.54, 1.807) is 18.3 Å². The molecule has 2 aromatic rings. The number of aromatic nitrogens is 1. The summed E-state index contributed by atoms with van der Waals surface area (Å²) in [6.07, 6.45) is -1.63. The molecule has 5 nitrogen and oxygen atoms in total. The Morgan fingerprint density at radius 1 is 1.18 bits per heavy atom. The van der Waals surface area contributed by atoms with Gasteiger partial charge in [-0.15, -0.1) is 0 Å². The zero-order valence-electron chi connectivity index (χ0n) is 15.1. The Labute approximate surface area is 160 Å². The van der Waals surface area contributed by atoms with Crippen LogP contribution < -0.4 is 5.32 Å². The minimum atomic E-state index is -4.51. The van der Waals surface area contributed by atoms with E-state index in [0.717, 1.165) is 17.8 Å². The number of carbonyl (C=O) groups excluding carboxylic acids is 2. The van der Waals surface area contributed by atoms with Crippen LogP contribution in [0.5, 0.6) is 0 Å². The third-order valence-corrected chi connectivity index (χ3v) is 4.69. The topological polar surface area (TPSA) is 62.3 Å². The van der Waals surface area contributed by atoms with Crippen LogP contribution >= 0.6 is 0 Å². The molecule has 148 valence electrons. The summed E-state index contributed by atoms with van der Waals surface area (Å²) in [5.74, 6) is -1.08. The van der Waals surface area contributed by atoms with Crippen LogP contribution in [-0.4, -0.2) is 34.8 Å². The molecule has 1 N–H and O–H groups in total. The first kappa shape index (κ1) is 19.9. The number of likely N-dealkylation sites (tertiary alicyclic amines) is 1. The monoisotopic (exact) mass is 391 g/mol. The van der Waals surface area contributed by atoms with Gasteiger partial charge in [0, 0.05) is 24.8 Å². The lowest BCUT2D eigenvalue weighted by molar-refractivity contribution is -0.137. The summed E-state index contributed by atoms with van der Waals surface area (Å²) in [6, 6.07) is 9.77. The van der Waals surface area contributed by atoms with Gasteiger partial charge >= 0.3 is 6.18 Å². The number of nitrogens with zero attached hydrogens (tertiary/aromatic N) is 2. The predicted molar refractivity (Wildman–Crippen MR) is 96.2 cm³/mol. The second-order valence-electron chi connectivity index (χ2n) is 6.71. The number of piperidine rings is 1. The van der Waals surface area contributed by atoms with E-state index in [1.807, 2.05) is 6.07 Å². The number of pyridine rings is 1. The predicted octanol–water partition coefficient (Wildman–Crippen LogP) is 3.27. The van der Waals surface area contributed by atoms with Gasteiger partial charge in [-0.2, -0.15) is 13.2 Å². The molecule has 1 aromatic heterocycles. The smallest absolute Gasteiger partial charge is 0.350 e. The second kappa shape index (κ2) is 8.41. The molecule has 1 unspecified atom stereocenters. The molecule has 28 heavy (non-hydrogen) atoms. The van der Waals surface area contributed by atoms with Gasteiger partial charge in [0.15, 0.2) is 0 Å². The van der Waals surface area contributed by atoms with Crippen LogP contribution in [0, 0.1) is 5.92 Å². The fourth-order valence-electron chi connectivity index (χ4n) is 3.21. The molecule has 2 amide bonds. The van der Waals surface area contributed by atoms with Crippen LogP contribution in [0.1, 0.15) is 34.5 Å². The number of alkyl halides is 3. The van der Waals surface area contributed by atoms with Gasteiger partial charge in [0.25, 0.3) is 5.91 Å². The summed E-state index contributed by atoms with van der Waals surface area (Å²) in [5.41, 5.74) is -0.159. The molecule has 0 spiro atoms. The Morgan fingerprint density at radius 3 is 2.71 bits per heavy atom. The van der Waals surface area contributed by atoms with Crippen LogP contribution in [-0.2, 0) is 17.5 Å². The molecule has 0 bridgehead atoms. The van der Waals surface area contributed by atoms with E-state index < -0.39 is 23.6 Å². The Hall–Kier alpha value is -2.90. The summed E-state index contributed by atoms with van der Waals surface area (Å²) in [6.45, 7) is 0.889. The Morgan fingerprint density at radius 2 is 2.00 bits per heavy atom. The average Bonchev–Trinajstić information content (AvgIpc) is 2.72. The molecule has 1 aliphatic rings. The zero-order valence-corrected chi connectivity index (χ0v) is 15.1. The molecule has 8 heteroatoms. The maximum absolute atomic E-state index is 12.9. The zero-order chi connectivity index (χ0) is 20.1. The van der Waals surface area contributed by atoms with Crippen LogP contribution in [0.25, 0.3) is 0 Å². The van der Waals surface area contributed by atoms with Crippen molar-refractivity contribution >= 4 is 11.8 Å². The van der Waals surface area contributed by atoms with E-state index in [2.05, 4.69) is 10.3 Å². The highest BCUT2D eigenvalue weighted by Gasteiger charge is 2.33. The van der Waals surface area contributed by atoms with Crippen LogP contribution in [0.15, 0.2) is 48.7 Å². The lowest BCUT2D eigenvalue weighted by Crippen LogP contribution is -2.45. The Bertz CT molecular complexity index is 840. The number of amides is 2. The van der Waals surface area contributed by atoms with Crippen LogP contribution in [0.2, 0.25) is 0 Å². The lowest BCUT2D eigenvalue weighted by Gasteiger charge is -2.32. The molecule has 0 radical (unpaired) electrons. The first-order valence-electron chi connectivity index (χ1n) is 8.99. The third-order valence-electron chi connectivity index (χ3n) is 4.69. The molecule has 0 aliphatic carbocycles. The normalized spacial score (nSPS) is 17.2. The van der Waals surface area contributed by atoms with Gasteiger partial charge in [0.2, 0.25) is 5.91 Å². The molecule has 1 aromatic carbocycles. The third kappa shape index (κ3) is 4.88. The van der Waals surface area contributed by atoms with Crippen molar-refractivity contribution < 1.29 is 22.8 Å².